The number of anilines is 1. The molecule has 0 saturated heterocycles. The molecule has 5 nitrogen and oxygen atoms in total. The molecule has 1 amide bonds. The lowest BCUT2D eigenvalue weighted by Crippen LogP contribution is -2.20. The first kappa shape index (κ1) is 15.9. The van der Waals surface area contributed by atoms with E-state index in [0.29, 0.717) is 18.0 Å². The minimum Gasteiger partial charge on any atom is -0.493 e. The van der Waals surface area contributed by atoms with Gasteiger partial charge in [-0.15, -0.1) is 0 Å². The molecule has 2 aromatic rings. The van der Waals surface area contributed by atoms with Gasteiger partial charge < -0.3 is 20.5 Å². The molecule has 22 heavy (non-hydrogen) atoms. The van der Waals surface area contributed by atoms with E-state index in [0.717, 1.165) is 16.8 Å². The quantitative estimate of drug-likeness (QED) is 0.859. The number of rotatable bonds is 6. The van der Waals surface area contributed by atoms with Crippen LogP contribution < -0.4 is 20.5 Å². The molecule has 3 N–H and O–H groups in total. The van der Waals surface area contributed by atoms with Crippen molar-refractivity contribution in [2.45, 2.75) is 13.5 Å². The Morgan fingerprint density at radius 2 is 1.86 bits per heavy atom. The number of hydrogen-bond donors (Lipinski definition) is 2. The average Bonchev–Trinajstić information content (AvgIpc) is 2.55. The molecule has 0 atom stereocenters. The molecule has 0 heterocycles. The fraction of sp³-hybridized carbons (Fsp3) is 0.235. The molecular weight excluding hydrogens is 280 g/mol. The maximum Gasteiger partial charge on any atom is 0.262 e. The summed E-state index contributed by atoms with van der Waals surface area (Å²) in [6.07, 6.45) is 0. The van der Waals surface area contributed by atoms with Gasteiger partial charge in [-0.1, -0.05) is 23.8 Å². The van der Waals surface area contributed by atoms with E-state index < -0.39 is 0 Å². The van der Waals surface area contributed by atoms with E-state index in [1.807, 2.05) is 37.3 Å². The number of ether oxygens (including phenoxy) is 2. The summed E-state index contributed by atoms with van der Waals surface area (Å²) in [6.45, 7) is 2.32. The van der Waals surface area contributed by atoms with Crippen LogP contribution in [0.5, 0.6) is 11.5 Å². The zero-order valence-electron chi connectivity index (χ0n) is 12.8. The van der Waals surface area contributed by atoms with Gasteiger partial charge in [0.1, 0.15) is 0 Å². The van der Waals surface area contributed by atoms with Gasteiger partial charge in [-0.2, -0.15) is 0 Å². The molecule has 0 bridgehead atoms. The number of carbonyl (C=O) groups excluding carboxylic acids is 1. The number of methoxy groups -OCH3 is 1. The Hall–Kier alpha value is -2.53. The van der Waals surface area contributed by atoms with E-state index in [2.05, 4.69) is 5.32 Å². The molecule has 0 aromatic heterocycles. The van der Waals surface area contributed by atoms with Gasteiger partial charge in [0.2, 0.25) is 0 Å². The highest BCUT2D eigenvalue weighted by atomic mass is 16.5. The van der Waals surface area contributed by atoms with Crippen LogP contribution in [-0.4, -0.2) is 19.6 Å². The summed E-state index contributed by atoms with van der Waals surface area (Å²) in [6, 6.07) is 13.0. The van der Waals surface area contributed by atoms with Crippen molar-refractivity contribution in [2.24, 2.45) is 5.73 Å². The second-order valence-corrected chi connectivity index (χ2v) is 4.89. The predicted octanol–water partition coefficient (Wildman–Crippen LogP) is 2.48. The van der Waals surface area contributed by atoms with Crippen molar-refractivity contribution in [1.82, 2.24) is 0 Å². The van der Waals surface area contributed by atoms with Gasteiger partial charge in [-0.3, -0.25) is 4.79 Å². The molecule has 2 aromatic carbocycles. The van der Waals surface area contributed by atoms with Gasteiger partial charge in [0.05, 0.1) is 7.11 Å². The fourth-order valence-corrected chi connectivity index (χ4v) is 1.94. The number of nitrogens with two attached hydrogens (primary N) is 1. The molecule has 0 fully saturated rings. The van der Waals surface area contributed by atoms with E-state index in [4.69, 9.17) is 15.2 Å². The number of carbonyl (C=O) groups is 1. The molecule has 5 heteroatoms. The maximum atomic E-state index is 11.9. The minimum absolute atomic E-state index is 0.0911. The third-order valence-electron chi connectivity index (χ3n) is 3.16. The first-order valence-corrected chi connectivity index (χ1v) is 6.98. The Labute approximate surface area is 130 Å². The molecule has 0 radical (unpaired) electrons. The highest BCUT2D eigenvalue weighted by Gasteiger charge is 2.08. The third kappa shape index (κ3) is 4.23. The molecule has 2 rings (SSSR count). The smallest absolute Gasteiger partial charge is 0.262 e. The number of amides is 1. The summed E-state index contributed by atoms with van der Waals surface area (Å²) < 4.78 is 10.7. The van der Waals surface area contributed by atoms with Crippen molar-refractivity contribution < 1.29 is 14.3 Å². The summed E-state index contributed by atoms with van der Waals surface area (Å²) in [4.78, 5) is 11.9. The summed E-state index contributed by atoms with van der Waals surface area (Å²) >= 11 is 0. The monoisotopic (exact) mass is 300 g/mol. The van der Waals surface area contributed by atoms with Gasteiger partial charge >= 0.3 is 0 Å². The lowest BCUT2D eigenvalue weighted by atomic mass is 10.2. The molecule has 0 aliphatic heterocycles. The topological polar surface area (TPSA) is 73.6 Å². The maximum absolute atomic E-state index is 11.9. The van der Waals surface area contributed by atoms with Crippen LogP contribution in [0.1, 0.15) is 11.1 Å². The Morgan fingerprint density at radius 1 is 1.14 bits per heavy atom. The lowest BCUT2D eigenvalue weighted by molar-refractivity contribution is -0.118. The Bertz CT molecular complexity index is 639. The SMILES string of the molecule is COc1cc(CN)ccc1OCC(=O)Nc1ccc(C)cc1. The lowest BCUT2D eigenvalue weighted by Gasteiger charge is -2.12. The van der Waals surface area contributed by atoms with E-state index in [1.54, 1.807) is 19.2 Å². The van der Waals surface area contributed by atoms with Crippen LogP contribution in [0.3, 0.4) is 0 Å². The highest BCUT2D eigenvalue weighted by molar-refractivity contribution is 5.91. The van der Waals surface area contributed by atoms with E-state index in [9.17, 15) is 4.79 Å². The van der Waals surface area contributed by atoms with Crippen molar-refractivity contribution in [1.29, 1.82) is 0 Å². The minimum atomic E-state index is -0.228. The molecule has 0 unspecified atom stereocenters. The largest absolute Gasteiger partial charge is 0.493 e. The molecule has 0 aliphatic carbocycles. The molecule has 116 valence electrons. The van der Waals surface area contributed by atoms with Crippen LogP contribution >= 0.6 is 0 Å². The Kier molecular flexibility index (Phi) is 5.38. The zero-order chi connectivity index (χ0) is 15.9. The standard InChI is InChI=1S/C17H20N2O3/c1-12-3-6-14(7-4-12)19-17(20)11-22-15-8-5-13(10-18)9-16(15)21-2/h3-9H,10-11,18H2,1-2H3,(H,19,20). The van der Waals surface area contributed by atoms with Gasteiger partial charge in [-0.05, 0) is 36.8 Å². The van der Waals surface area contributed by atoms with E-state index >= 15 is 0 Å². The molecule has 0 aliphatic rings. The summed E-state index contributed by atoms with van der Waals surface area (Å²) in [7, 11) is 1.55. The van der Waals surface area contributed by atoms with Crippen LogP contribution in [-0.2, 0) is 11.3 Å². The van der Waals surface area contributed by atoms with Gasteiger partial charge in [0.25, 0.3) is 5.91 Å². The zero-order valence-corrected chi connectivity index (χ0v) is 12.8. The number of benzene rings is 2. The fourth-order valence-electron chi connectivity index (χ4n) is 1.94. The van der Waals surface area contributed by atoms with Crippen molar-refractivity contribution in [3.05, 3.63) is 53.6 Å². The Morgan fingerprint density at radius 3 is 2.50 bits per heavy atom. The number of nitrogens with one attached hydrogen (secondary N) is 1. The summed E-state index contributed by atoms with van der Waals surface area (Å²) in [5, 5.41) is 2.77. The predicted molar refractivity (Wildman–Crippen MR) is 86.2 cm³/mol. The van der Waals surface area contributed by atoms with Gasteiger partial charge in [-0.25, -0.2) is 0 Å². The van der Waals surface area contributed by atoms with Crippen molar-refractivity contribution in [3.8, 4) is 11.5 Å². The first-order valence-electron chi connectivity index (χ1n) is 6.98. The van der Waals surface area contributed by atoms with Gasteiger partial charge in [0, 0.05) is 12.2 Å². The normalized spacial score (nSPS) is 10.1. The average molecular weight is 300 g/mol. The van der Waals surface area contributed by atoms with Crippen LogP contribution in [0.4, 0.5) is 5.69 Å². The molecule has 0 spiro atoms. The van der Waals surface area contributed by atoms with Crippen LogP contribution in [0.2, 0.25) is 0 Å². The first-order chi connectivity index (χ1) is 10.6. The summed E-state index contributed by atoms with van der Waals surface area (Å²) in [5.74, 6) is 0.846. The van der Waals surface area contributed by atoms with Crippen molar-refractivity contribution in [2.75, 3.05) is 19.0 Å². The second-order valence-electron chi connectivity index (χ2n) is 4.89. The van der Waals surface area contributed by atoms with E-state index in [1.165, 1.54) is 0 Å². The van der Waals surface area contributed by atoms with Crippen LogP contribution in [0.15, 0.2) is 42.5 Å². The van der Waals surface area contributed by atoms with Crippen molar-refractivity contribution >= 4 is 11.6 Å². The number of hydrogen-bond acceptors (Lipinski definition) is 4. The highest BCUT2D eigenvalue weighted by Crippen LogP contribution is 2.27. The Balaban J connectivity index is 1.94. The van der Waals surface area contributed by atoms with Crippen molar-refractivity contribution in [3.63, 3.8) is 0 Å². The van der Waals surface area contributed by atoms with Gasteiger partial charge in [0.15, 0.2) is 18.1 Å². The summed E-state index contributed by atoms with van der Waals surface area (Å²) in [5.41, 5.74) is 8.40. The molecule has 0 saturated carbocycles. The van der Waals surface area contributed by atoms with E-state index in [-0.39, 0.29) is 12.5 Å². The molecular formula is C17H20N2O3. The third-order valence-corrected chi connectivity index (χ3v) is 3.16. The van der Waals surface area contributed by atoms with Crippen LogP contribution in [0.25, 0.3) is 0 Å². The van der Waals surface area contributed by atoms with Crippen LogP contribution in [0, 0.1) is 6.92 Å². The second kappa shape index (κ2) is 7.47. The number of aryl methyl sites for hydroxylation is 1.